The average molecular weight is 307 g/mol. The second-order valence-electron chi connectivity index (χ2n) is 7.12. The van der Waals surface area contributed by atoms with Crippen LogP contribution in [0.2, 0.25) is 0 Å². The Labute approximate surface area is 139 Å². The first kappa shape index (κ1) is 14.7. The van der Waals surface area contributed by atoms with Crippen LogP contribution < -0.4 is 4.90 Å². The van der Waals surface area contributed by atoms with Crippen LogP contribution in [-0.4, -0.2) is 36.1 Å². The molecule has 3 heteroatoms. The van der Waals surface area contributed by atoms with Crippen molar-refractivity contribution in [3.05, 3.63) is 59.4 Å². The number of rotatable bonds is 2. The summed E-state index contributed by atoms with van der Waals surface area (Å²) in [5.41, 5.74) is 5.72. The summed E-state index contributed by atoms with van der Waals surface area (Å²) < 4.78 is 0. The van der Waals surface area contributed by atoms with E-state index < -0.39 is 0 Å². The van der Waals surface area contributed by atoms with Crippen molar-refractivity contribution in [3.8, 4) is 0 Å². The third kappa shape index (κ3) is 2.74. The third-order valence-corrected chi connectivity index (χ3v) is 5.41. The minimum absolute atomic E-state index is 0.630. The van der Waals surface area contributed by atoms with Gasteiger partial charge in [0.15, 0.2) is 0 Å². The second kappa shape index (κ2) is 5.97. The molecule has 1 aromatic heterocycles. The van der Waals surface area contributed by atoms with Crippen LogP contribution >= 0.6 is 0 Å². The van der Waals surface area contributed by atoms with E-state index in [-0.39, 0.29) is 0 Å². The molecule has 0 saturated carbocycles. The number of hydrogen-bond acceptors (Lipinski definition) is 3. The van der Waals surface area contributed by atoms with Gasteiger partial charge in [0.25, 0.3) is 0 Å². The minimum atomic E-state index is 0.630. The van der Waals surface area contributed by atoms with E-state index in [1.54, 1.807) is 5.56 Å². The maximum atomic E-state index is 4.16. The predicted molar refractivity (Wildman–Crippen MR) is 94.9 cm³/mol. The molecule has 2 aliphatic heterocycles. The fourth-order valence-corrected chi connectivity index (χ4v) is 4.30. The van der Waals surface area contributed by atoms with Crippen molar-refractivity contribution in [2.45, 2.75) is 38.3 Å². The van der Waals surface area contributed by atoms with Crippen LogP contribution in [0.15, 0.2) is 42.7 Å². The highest BCUT2D eigenvalue weighted by molar-refractivity contribution is 5.63. The molecule has 1 aromatic carbocycles. The average Bonchev–Trinajstić information content (AvgIpc) is 2.70. The minimum Gasteiger partial charge on any atom is -0.363 e. The Morgan fingerprint density at radius 1 is 1.17 bits per heavy atom. The molecule has 2 atom stereocenters. The maximum Gasteiger partial charge on any atom is 0.0434 e. The lowest BCUT2D eigenvalue weighted by atomic mass is 9.92. The van der Waals surface area contributed by atoms with Crippen molar-refractivity contribution in [1.82, 2.24) is 9.88 Å². The predicted octanol–water partition coefficient (Wildman–Crippen LogP) is 3.59. The zero-order valence-corrected chi connectivity index (χ0v) is 14.1. The Morgan fingerprint density at radius 3 is 2.83 bits per heavy atom. The lowest BCUT2D eigenvalue weighted by Gasteiger charge is -2.29. The number of aryl methyl sites for hydroxylation is 1. The number of likely N-dealkylation sites (N-methyl/N-ethyl adjacent to an activating group) is 1. The molecule has 0 spiro atoms. The molecular formula is C20H25N3. The van der Waals surface area contributed by atoms with Gasteiger partial charge >= 0.3 is 0 Å². The molecule has 0 radical (unpaired) electrons. The zero-order valence-electron chi connectivity index (χ0n) is 14.1. The molecule has 2 aromatic rings. The summed E-state index contributed by atoms with van der Waals surface area (Å²) in [6.07, 6.45) is 6.38. The van der Waals surface area contributed by atoms with Gasteiger partial charge < -0.3 is 9.80 Å². The Morgan fingerprint density at radius 2 is 2.00 bits per heavy atom. The van der Waals surface area contributed by atoms with E-state index in [0.717, 1.165) is 6.54 Å². The molecule has 0 bridgehead atoms. The van der Waals surface area contributed by atoms with Crippen molar-refractivity contribution in [2.75, 3.05) is 25.0 Å². The summed E-state index contributed by atoms with van der Waals surface area (Å²) >= 11 is 0. The Bertz CT molecular complexity index is 683. The number of likely N-dealkylation sites (tertiary alicyclic amines) is 1. The van der Waals surface area contributed by atoms with Crippen molar-refractivity contribution < 1.29 is 0 Å². The van der Waals surface area contributed by atoms with Gasteiger partial charge in [-0.25, -0.2) is 0 Å². The van der Waals surface area contributed by atoms with Gasteiger partial charge in [-0.05, 0) is 62.7 Å². The molecule has 120 valence electrons. The Kier molecular flexibility index (Phi) is 3.82. The number of fused-ring (bicyclic) bond motifs is 3. The van der Waals surface area contributed by atoms with Gasteiger partial charge in [-0.15, -0.1) is 0 Å². The number of nitrogens with zero attached hydrogens (tertiary/aromatic N) is 3. The standard InChI is InChI=1S/C20H25N3/c1-15-5-6-20-17(12-15)18-14-22(2)11-3-4-19(18)23(20)13-16-7-9-21-10-8-16/h5-10,12,18-19H,3-4,11,13-14H2,1-2H3/t18-,19?/m0/s1. The first-order valence-corrected chi connectivity index (χ1v) is 8.67. The van der Waals surface area contributed by atoms with Gasteiger partial charge in [0.2, 0.25) is 0 Å². The maximum absolute atomic E-state index is 4.16. The fraction of sp³-hybridized carbons (Fsp3) is 0.450. The van der Waals surface area contributed by atoms with Crippen LogP contribution in [0.3, 0.4) is 0 Å². The van der Waals surface area contributed by atoms with Crippen LogP contribution in [0.25, 0.3) is 0 Å². The molecule has 1 unspecified atom stereocenters. The van der Waals surface area contributed by atoms with Gasteiger partial charge in [0, 0.05) is 43.1 Å². The Balaban J connectivity index is 1.73. The summed E-state index contributed by atoms with van der Waals surface area (Å²) in [5, 5.41) is 0. The number of hydrogen-bond donors (Lipinski definition) is 0. The van der Waals surface area contributed by atoms with Crippen molar-refractivity contribution in [1.29, 1.82) is 0 Å². The fourth-order valence-electron chi connectivity index (χ4n) is 4.30. The summed E-state index contributed by atoms with van der Waals surface area (Å²) in [6, 6.07) is 11.9. The highest BCUT2D eigenvalue weighted by Gasteiger charge is 2.39. The number of anilines is 1. The number of benzene rings is 1. The van der Waals surface area contributed by atoms with Gasteiger partial charge in [0.1, 0.15) is 0 Å². The molecule has 4 rings (SSSR count). The second-order valence-corrected chi connectivity index (χ2v) is 7.12. The molecule has 0 amide bonds. The molecule has 3 nitrogen and oxygen atoms in total. The third-order valence-electron chi connectivity index (χ3n) is 5.41. The van der Waals surface area contributed by atoms with Crippen LogP contribution in [0.4, 0.5) is 5.69 Å². The summed E-state index contributed by atoms with van der Waals surface area (Å²) in [5.74, 6) is 0.638. The highest BCUT2D eigenvalue weighted by Crippen LogP contribution is 2.45. The normalized spacial score (nSPS) is 24.2. The molecule has 0 N–H and O–H groups in total. The lowest BCUT2D eigenvalue weighted by molar-refractivity contribution is 0.330. The summed E-state index contributed by atoms with van der Waals surface area (Å²) in [4.78, 5) is 9.31. The summed E-state index contributed by atoms with van der Waals surface area (Å²) in [7, 11) is 2.27. The number of pyridine rings is 1. The van der Waals surface area contributed by atoms with Crippen molar-refractivity contribution >= 4 is 5.69 Å². The van der Waals surface area contributed by atoms with Crippen molar-refractivity contribution in [3.63, 3.8) is 0 Å². The van der Waals surface area contributed by atoms with Crippen LogP contribution in [0.5, 0.6) is 0 Å². The Hall–Kier alpha value is -1.87. The summed E-state index contributed by atoms with van der Waals surface area (Å²) in [6.45, 7) is 5.59. The van der Waals surface area contributed by atoms with Crippen LogP contribution in [-0.2, 0) is 6.54 Å². The number of aromatic nitrogens is 1. The first-order chi connectivity index (χ1) is 11.2. The van der Waals surface area contributed by atoms with Crippen LogP contribution in [0, 0.1) is 6.92 Å². The van der Waals surface area contributed by atoms with E-state index in [9.17, 15) is 0 Å². The highest BCUT2D eigenvalue weighted by atomic mass is 15.2. The van der Waals surface area contributed by atoms with Gasteiger partial charge in [0.05, 0.1) is 0 Å². The van der Waals surface area contributed by atoms with Crippen molar-refractivity contribution in [2.24, 2.45) is 0 Å². The quantitative estimate of drug-likeness (QED) is 0.845. The molecule has 1 fully saturated rings. The molecule has 0 aliphatic carbocycles. The van der Waals surface area contributed by atoms with E-state index in [0.29, 0.717) is 12.0 Å². The monoisotopic (exact) mass is 307 g/mol. The molecule has 3 heterocycles. The van der Waals surface area contributed by atoms with E-state index in [1.807, 2.05) is 12.4 Å². The van der Waals surface area contributed by atoms with E-state index in [4.69, 9.17) is 0 Å². The molecule has 23 heavy (non-hydrogen) atoms. The largest absolute Gasteiger partial charge is 0.363 e. The van der Waals surface area contributed by atoms with Gasteiger partial charge in [-0.2, -0.15) is 0 Å². The molecule has 2 aliphatic rings. The molecular weight excluding hydrogens is 282 g/mol. The topological polar surface area (TPSA) is 19.4 Å². The lowest BCUT2D eigenvalue weighted by Crippen LogP contribution is -2.35. The smallest absolute Gasteiger partial charge is 0.0434 e. The van der Waals surface area contributed by atoms with Gasteiger partial charge in [-0.1, -0.05) is 17.7 Å². The van der Waals surface area contributed by atoms with E-state index in [1.165, 1.54) is 42.7 Å². The first-order valence-electron chi connectivity index (χ1n) is 8.67. The van der Waals surface area contributed by atoms with Crippen LogP contribution in [0.1, 0.15) is 35.4 Å². The van der Waals surface area contributed by atoms with E-state index >= 15 is 0 Å². The SMILES string of the molecule is Cc1ccc2c(c1)[C@@H]1CN(C)CCCC1N2Cc1ccncc1. The molecule has 1 saturated heterocycles. The zero-order chi connectivity index (χ0) is 15.8. The van der Waals surface area contributed by atoms with E-state index in [2.05, 4.69) is 59.1 Å². The van der Waals surface area contributed by atoms with Gasteiger partial charge in [-0.3, -0.25) is 4.98 Å².